The van der Waals surface area contributed by atoms with E-state index >= 15 is 0 Å². The van der Waals surface area contributed by atoms with Gasteiger partial charge in [-0.1, -0.05) is 55.8 Å². The average Bonchev–Trinajstić information content (AvgIpc) is 2.68. The molecule has 0 bridgehead atoms. The van der Waals surface area contributed by atoms with Crippen molar-refractivity contribution in [2.24, 2.45) is 0 Å². The Morgan fingerprint density at radius 1 is 1.15 bits per heavy atom. The molecular weight excluding hydrogens is 348 g/mol. The number of hydrogen-bond donors (Lipinski definition) is 1. The molecule has 2 aromatic rings. The molecule has 4 nitrogen and oxygen atoms in total. The Morgan fingerprint density at radius 3 is 2.42 bits per heavy atom. The van der Waals surface area contributed by atoms with Gasteiger partial charge in [-0.2, -0.15) is 0 Å². The van der Waals surface area contributed by atoms with Crippen LogP contribution in [0, 0.1) is 0 Å². The molecule has 0 aliphatic rings. The number of benzene rings is 2. The molecule has 5 heteroatoms. The van der Waals surface area contributed by atoms with Gasteiger partial charge >= 0.3 is 0 Å². The van der Waals surface area contributed by atoms with Crippen molar-refractivity contribution in [3.63, 3.8) is 0 Å². The molecule has 0 aliphatic carbocycles. The van der Waals surface area contributed by atoms with Gasteiger partial charge in [-0.15, -0.1) is 0 Å². The summed E-state index contributed by atoms with van der Waals surface area (Å²) in [5.74, 6) is 0.586. The molecule has 0 heterocycles. The molecule has 0 amide bonds. The first-order valence-corrected chi connectivity index (χ1v) is 9.34. The molecule has 1 N–H and O–H groups in total. The van der Waals surface area contributed by atoms with Gasteiger partial charge in [-0.05, 0) is 36.9 Å². The maximum Gasteiger partial charge on any atom is 0.176 e. The topological polar surface area (TPSA) is 41.6 Å². The molecule has 140 valence electrons. The zero-order valence-electron chi connectivity index (χ0n) is 15.7. The van der Waals surface area contributed by atoms with Crippen molar-refractivity contribution in [2.45, 2.75) is 19.9 Å². The van der Waals surface area contributed by atoms with Crippen molar-refractivity contribution < 1.29 is 9.53 Å². The Balaban J connectivity index is 2.00. The van der Waals surface area contributed by atoms with E-state index < -0.39 is 0 Å². The number of carbonyl (C=O) groups excluding carboxylic acids is 1. The van der Waals surface area contributed by atoms with Gasteiger partial charge in [0.2, 0.25) is 0 Å². The summed E-state index contributed by atoms with van der Waals surface area (Å²) in [6.07, 6.45) is 0. The number of nitrogens with one attached hydrogen (secondary N) is 1. The highest BCUT2D eigenvalue weighted by atomic mass is 35.5. The third kappa shape index (κ3) is 5.31. The SMILES string of the molecule is CCN(CC)C(CNCC(=O)c1ccc(OC)c(Cl)c1)c1ccccc1. The molecule has 0 saturated carbocycles. The fourth-order valence-electron chi connectivity index (χ4n) is 3.06. The van der Waals surface area contributed by atoms with Crippen LogP contribution in [0.25, 0.3) is 0 Å². The van der Waals surface area contributed by atoms with Crippen molar-refractivity contribution >= 4 is 17.4 Å². The molecule has 0 aliphatic heterocycles. The van der Waals surface area contributed by atoms with E-state index in [2.05, 4.69) is 48.3 Å². The van der Waals surface area contributed by atoms with Crippen molar-refractivity contribution in [1.29, 1.82) is 0 Å². The number of rotatable bonds is 10. The summed E-state index contributed by atoms with van der Waals surface area (Å²) in [4.78, 5) is 14.8. The number of halogens is 1. The Labute approximate surface area is 161 Å². The molecule has 0 aromatic heterocycles. The van der Waals surface area contributed by atoms with Crippen LogP contribution in [0.2, 0.25) is 5.02 Å². The second-order valence-corrected chi connectivity index (χ2v) is 6.46. The van der Waals surface area contributed by atoms with Gasteiger partial charge in [0.25, 0.3) is 0 Å². The van der Waals surface area contributed by atoms with Gasteiger partial charge in [0.15, 0.2) is 5.78 Å². The van der Waals surface area contributed by atoms with Crippen molar-refractivity contribution in [3.05, 3.63) is 64.7 Å². The fraction of sp³-hybridized carbons (Fsp3) is 0.381. The van der Waals surface area contributed by atoms with Crippen LogP contribution in [0.4, 0.5) is 0 Å². The summed E-state index contributed by atoms with van der Waals surface area (Å²) in [6.45, 7) is 7.21. The lowest BCUT2D eigenvalue weighted by molar-refractivity contribution is 0.0987. The number of methoxy groups -OCH3 is 1. The summed E-state index contributed by atoms with van der Waals surface area (Å²) in [5.41, 5.74) is 1.84. The van der Waals surface area contributed by atoms with Gasteiger partial charge in [0, 0.05) is 18.2 Å². The minimum absolute atomic E-state index is 0.0147. The van der Waals surface area contributed by atoms with Crippen LogP contribution in [-0.4, -0.2) is 44.0 Å². The Kier molecular flexibility index (Phi) is 8.10. The van der Waals surface area contributed by atoms with E-state index in [1.807, 2.05) is 6.07 Å². The average molecular weight is 375 g/mol. The number of likely N-dealkylation sites (N-methyl/N-ethyl adjacent to an activating group) is 1. The van der Waals surface area contributed by atoms with E-state index in [1.165, 1.54) is 5.56 Å². The third-order valence-electron chi connectivity index (χ3n) is 4.53. The van der Waals surface area contributed by atoms with Gasteiger partial charge < -0.3 is 10.1 Å². The molecule has 0 spiro atoms. The second kappa shape index (κ2) is 10.3. The Hall–Kier alpha value is -1.88. The molecule has 0 saturated heterocycles. The zero-order chi connectivity index (χ0) is 18.9. The van der Waals surface area contributed by atoms with Crippen molar-refractivity contribution in [3.8, 4) is 5.75 Å². The van der Waals surface area contributed by atoms with E-state index in [-0.39, 0.29) is 18.4 Å². The van der Waals surface area contributed by atoms with Gasteiger partial charge in [0.1, 0.15) is 5.75 Å². The maximum atomic E-state index is 12.4. The molecule has 0 fully saturated rings. The van der Waals surface area contributed by atoms with Crippen LogP contribution in [0.5, 0.6) is 5.75 Å². The molecule has 2 rings (SSSR count). The standard InChI is InChI=1S/C21H27ClN2O2/c1-4-24(5-2)19(16-9-7-6-8-10-16)14-23-15-20(25)17-11-12-21(26-3)18(22)13-17/h6-13,19,23H,4-5,14-15H2,1-3H3. The predicted octanol–water partition coefficient (Wildman–Crippen LogP) is 4.20. The number of nitrogens with zero attached hydrogens (tertiary/aromatic N) is 1. The van der Waals surface area contributed by atoms with Crippen LogP contribution < -0.4 is 10.1 Å². The molecule has 2 aromatic carbocycles. The van der Waals surface area contributed by atoms with Crippen LogP contribution in [0.3, 0.4) is 0 Å². The first-order valence-electron chi connectivity index (χ1n) is 8.97. The van der Waals surface area contributed by atoms with Gasteiger partial charge in [-0.25, -0.2) is 0 Å². The fourth-order valence-corrected chi connectivity index (χ4v) is 3.32. The highest BCUT2D eigenvalue weighted by molar-refractivity contribution is 6.32. The van der Waals surface area contributed by atoms with E-state index in [1.54, 1.807) is 25.3 Å². The molecule has 1 atom stereocenters. The normalized spacial score (nSPS) is 12.2. The molecule has 0 radical (unpaired) electrons. The lowest BCUT2D eigenvalue weighted by Gasteiger charge is -2.30. The van der Waals surface area contributed by atoms with Crippen LogP contribution in [0.15, 0.2) is 48.5 Å². The van der Waals surface area contributed by atoms with E-state index in [9.17, 15) is 4.79 Å². The summed E-state index contributed by atoms with van der Waals surface area (Å²) in [5, 5.41) is 3.76. The van der Waals surface area contributed by atoms with Gasteiger partial charge in [0.05, 0.1) is 18.7 Å². The molecule has 1 unspecified atom stereocenters. The number of hydrogen-bond acceptors (Lipinski definition) is 4. The summed E-state index contributed by atoms with van der Waals surface area (Å²) >= 11 is 6.11. The molecular formula is C21H27ClN2O2. The second-order valence-electron chi connectivity index (χ2n) is 6.05. The minimum Gasteiger partial charge on any atom is -0.495 e. The third-order valence-corrected chi connectivity index (χ3v) is 4.83. The van der Waals surface area contributed by atoms with Gasteiger partial charge in [-0.3, -0.25) is 9.69 Å². The summed E-state index contributed by atoms with van der Waals surface area (Å²) < 4.78 is 5.13. The number of ketones is 1. The summed E-state index contributed by atoms with van der Waals surface area (Å²) in [6, 6.07) is 15.7. The van der Waals surface area contributed by atoms with Crippen molar-refractivity contribution in [1.82, 2.24) is 10.2 Å². The first-order chi connectivity index (χ1) is 12.6. The van der Waals surface area contributed by atoms with E-state index in [0.29, 0.717) is 22.9 Å². The van der Waals surface area contributed by atoms with Crippen molar-refractivity contribution in [2.75, 3.05) is 33.3 Å². The monoisotopic (exact) mass is 374 g/mol. The molecule has 26 heavy (non-hydrogen) atoms. The van der Waals surface area contributed by atoms with Crippen LogP contribution in [0.1, 0.15) is 35.8 Å². The van der Waals surface area contributed by atoms with E-state index in [0.717, 1.165) is 13.1 Å². The lowest BCUT2D eigenvalue weighted by atomic mass is 10.0. The quantitative estimate of drug-likeness (QED) is 0.633. The Bertz CT molecular complexity index is 702. The van der Waals surface area contributed by atoms with Crippen LogP contribution in [-0.2, 0) is 0 Å². The first kappa shape index (κ1) is 20.4. The van der Waals surface area contributed by atoms with Crippen LogP contribution >= 0.6 is 11.6 Å². The lowest BCUT2D eigenvalue weighted by Crippen LogP contribution is -2.37. The Morgan fingerprint density at radius 2 is 1.85 bits per heavy atom. The van der Waals surface area contributed by atoms with E-state index in [4.69, 9.17) is 16.3 Å². The minimum atomic E-state index is 0.0147. The smallest absolute Gasteiger partial charge is 0.176 e. The number of ether oxygens (including phenoxy) is 1. The highest BCUT2D eigenvalue weighted by Crippen LogP contribution is 2.25. The number of Topliss-reactive ketones (excluding diaryl/α,β-unsaturated/α-hetero) is 1. The largest absolute Gasteiger partial charge is 0.495 e. The highest BCUT2D eigenvalue weighted by Gasteiger charge is 2.18. The zero-order valence-corrected chi connectivity index (χ0v) is 16.4. The predicted molar refractivity (Wildman–Crippen MR) is 107 cm³/mol. The number of carbonyl (C=O) groups is 1. The summed E-state index contributed by atoms with van der Waals surface area (Å²) in [7, 11) is 1.56. The maximum absolute atomic E-state index is 12.4.